The van der Waals surface area contributed by atoms with Crippen LogP contribution in [0.25, 0.3) is 0 Å². The van der Waals surface area contributed by atoms with E-state index in [0.29, 0.717) is 32.2 Å². The monoisotopic (exact) mass is 755 g/mol. The smallest absolute Gasteiger partial charge is 0.326 e. The number of nitrogens with one attached hydrogen (secondary N) is 1. The fourth-order valence-electron chi connectivity index (χ4n) is 6.31. The lowest BCUT2D eigenvalue weighted by Gasteiger charge is -2.18. The highest BCUT2D eigenvalue weighted by molar-refractivity contribution is 5.83. The van der Waals surface area contributed by atoms with Gasteiger partial charge in [0.2, 0.25) is 5.91 Å². The Bertz CT molecular complexity index is 1030. The number of allylic oxidation sites excluding steroid dienone is 10. The topological polar surface area (TPSA) is 119 Å². The van der Waals surface area contributed by atoms with Gasteiger partial charge in [0, 0.05) is 12.8 Å². The molecule has 0 bridgehead atoms. The van der Waals surface area contributed by atoms with Crippen LogP contribution in [0.2, 0.25) is 0 Å². The summed E-state index contributed by atoms with van der Waals surface area (Å²) in [7, 11) is 0. The lowest BCUT2D eigenvalue weighted by molar-refractivity contribution is -0.150. The molecule has 0 heterocycles. The van der Waals surface area contributed by atoms with Gasteiger partial charge in [-0.2, -0.15) is 0 Å². The third-order valence-electron chi connectivity index (χ3n) is 9.60. The minimum Gasteiger partial charge on any atom is -0.480 e. The molecule has 0 saturated carbocycles. The van der Waals surface area contributed by atoms with E-state index in [1.54, 1.807) is 0 Å². The maximum absolute atomic E-state index is 12.8. The van der Waals surface area contributed by atoms with E-state index in [4.69, 9.17) is 10.5 Å². The molecule has 310 valence electrons. The Balaban J connectivity index is 4.41. The van der Waals surface area contributed by atoms with Gasteiger partial charge in [-0.25, -0.2) is 4.79 Å². The van der Waals surface area contributed by atoms with Gasteiger partial charge in [0.1, 0.15) is 12.1 Å². The van der Waals surface area contributed by atoms with Crippen molar-refractivity contribution >= 4 is 17.8 Å². The number of carbonyl (C=O) groups excluding carboxylic acids is 2. The van der Waals surface area contributed by atoms with E-state index >= 15 is 0 Å². The van der Waals surface area contributed by atoms with E-state index in [0.717, 1.165) is 96.3 Å². The van der Waals surface area contributed by atoms with E-state index in [9.17, 15) is 19.5 Å². The Morgan fingerprint density at radius 2 is 1.02 bits per heavy atom. The van der Waals surface area contributed by atoms with Gasteiger partial charge < -0.3 is 20.9 Å². The van der Waals surface area contributed by atoms with E-state index in [-0.39, 0.29) is 18.0 Å². The first-order valence-corrected chi connectivity index (χ1v) is 22.1. The highest BCUT2D eigenvalue weighted by Crippen LogP contribution is 2.19. The number of hydrogen-bond acceptors (Lipinski definition) is 5. The summed E-state index contributed by atoms with van der Waals surface area (Å²) >= 11 is 0. The minimum absolute atomic E-state index is 0.0167. The number of unbranched alkanes of at least 4 members (excludes halogenated alkanes) is 15. The Labute approximate surface area is 331 Å². The molecule has 0 rings (SSSR count). The molecule has 1 amide bonds. The van der Waals surface area contributed by atoms with Gasteiger partial charge in [-0.05, 0) is 96.4 Å². The molecule has 0 aliphatic carbocycles. The number of esters is 1. The third-order valence-corrected chi connectivity index (χ3v) is 9.60. The second kappa shape index (κ2) is 41.2. The molecule has 2 atom stereocenters. The highest BCUT2D eigenvalue weighted by Gasteiger charge is 2.19. The second-order valence-corrected chi connectivity index (χ2v) is 14.7. The molecule has 4 N–H and O–H groups in total. The van der Waals surface area contributed by atoms with Crippen molar-refractivity contribution in [1.29, 1.82) is 0 Å². The van der Waals surface area contributed by atoms with Crippen LogP contribution in [0, 0.1) is 0 Å². The maximum Gasteiger partial charge on any atom is 0.326 e. The number of hydrogen-bond donors (Lipinski definition) is 3. The summed E-state index contributed by atoms with van der Waals surface area (Å²) in [5, 5.41) is 11.9. The van der Waals surface area contributed by atoms with Gasteiger partial charge in [-0.3, -0.25) is 9.59 Å². The Morgan fingerprint density at radius 3 is 1.50 bits per heavy atom. The average molecular weight is 755 g/mol. The molecule has 54 heavy (non-hydrogen) atoms. The average Bonchev–Trinajstić information content (AvgIpc) is 3.16. The zero-order valence-electron chi connectivity index (χ0n) is 34.8. The SMILES string of the molecule is CC/C=C\C/C=C\C/C=C\C/C=C\C/C=C\CCCC(=O)OC(CCCCCCCCCCCCC)CCCCCCCC(=O)NC(CCCN)C(=O)O. The zero-order valence-corrected chi connectivity index (χ0v) is 34.8. The molecule has 0 aliphatic rings. The van der Waals surface area contributed by atoms with Crippen LogP contribution >= 0.6 is 0 Å². The maximum atomic E-state index is 12.8. The van der Waals surface area contributed by atoms with E-state index in [1.807, 2.05) is 0 Å². The molecule has 0 fully saturated rings. The first-order chi connectivity index (χ1) is 26.4. The van der Waals surface area contributed by atoms with Gasteiger partial charge >= 0.3 is 11.9 Å². The molecule has 0 saturated heterocycles. The predicted molar refractivity (Wildman–Crippen MR) is 229 cm³/mol. The van der Waals surface area contributed by atoms with Crippen LogP contribution < -0.4 is 11.1 Å². The van der Waals surface area contributed by atoms with E-state index in [2.05, 4.69) is 79.9 Å². The zero-order chi connectivity index (χ0) is 39.6. The lowest BCUT2D eigenvalue weighted by atomic mass is 10.0. The molecule has 0 aromatic carbocycles. The molecule has 0 aromatic heterocycles. The number of aliphatic carboxylic acids is 1. The van der Waals surface area contributed by atoms with Crippen molar-refractivity contribution in [2.75, 3.05) is 6.54 Å². The molecule has 0 spiro atoms. The molecular formula is C47H82N2O5. The third kappa shape index (κ3) is 37.4. The standard InChI is InChI=1S/C47H82N2O5/c1-3-5-7-9-11-13-15-16-17-18-19-20-22-24-26-31-35-41-46(51)54-43(37-32-28-25-23-21-14-12-10-8-6-4-2)38-33-29-27-30-34-40-45(50)49-44(47(52)53)39-36-42-48/h5,7,11,13,16-17,19-20,24,26,43-44H,3-4,6,8-10,12,14-15,18,21-23,25,27-42,48H2,1-2H3,(H,49,50)(H,52,53)/b7-5-,13-11-,17-16-,20-19-,26-24-. The minimum atomic E-state index is -1.01. The van der Waals surface area contributed by atoms with Crippen LogP contribution in [0.3, 0.4) is 0 Å². The second-order valence-electron chi connectivity index (χ2n) is 14.7. The number of rotatable bonds is 39. The van der Waals surface area contributed by atoms with E-state index < -0.39 is 12.0 Å². The largest absolute Gasteiger partial charge is 0.480 e. The predicted octanol–water partition coefficient (Wildman–Crippen LogP) is 12.6. The van der Waals surface area contributed by atoms with Crippen molar-refractivity contribution in [2.45, 2.75) is 212 Å². The van der Waals surface area contributed by atoms with Gasteiger partial charge in [0.15, 0.2) is 0 Å². The van der Waals surface area contributed by atoms with Crippen LogP contribution in [-0.4, -0.2) is 41.6 Å². The fourth-order valence-corrected chi connectivity index (χ4v) is 6.31. The summed E-state index contributed by atoms with van der Waals surface area (Å²) in [4.78, 5) is 36.4. The number of nitrogens with two attached hydrogens (primary N) is 1. The van der Waals surface area contributed by atoms with Crippen LogP contribution in [0.5, 0.6) is 0 Å². The normalized spacial score (nSPS) is 13.2. The first-order valence-electron chi connectivity index (χ1n) is 22.1. The molecule has 0 aromatic rings. The van der Waals surface area contributed by atoms with Crippen LogP contribution in [0.15, 0.2) is 60.8 Å². The van der Waals surface area contributed by atoms with Crippen molar-refractivity contribution in [3.63, 3.8) is 0 Å². The Kier molecular flexibility index (Phi) is 39.0. The number of carboxylic acid groups (broad SMARTS) is 1. The van der Waals surface area contributed by atoms with Crippen molar-refractivity contribution in [2.24, 2.45) is 5.73 Å². The number of amides is 1. The van der Waals surface area contributed by atoms with Crippen molar-refractivity contribution in [3.05, 3.63) is 60.8 Å². The summed E-state index contributed by atoms with van der Waals surface area (Å²) in [5.41, 5.74) is 5.48. The Hall–Kier alpha value is -2.93. The molecular weight excluding hydrogens is 673 g/mol. The number of carboxylic acids is 1. The fraction of sp³-hybridized carbons (Fsp3) is 0.723. The molecule has 7 nitrogen and oxygen atoms in total. The number of ether oxygens (including phenoxy) is 1. The summed E-state index contributed by atoms with van der Waals surface area (Å²) in [5.74, 6) is -1.29. The van der Waals surface area contributed by atoms with Crippen LogP contribution in [0.4, 0.5) is 0 Å². The summed E-state index contributed by atoms with van der Waals surface area (Å²) in [6.45, 7) is 4.82. The van der Waals surface area contributed by atoms with Gasteiger partial charge in [-0.15, -0.1) is 0 Å². The summed E-state index contributed by atoms with van der Waals surface area (Å²) in [6, 6.07) is -0.862. The molecule has 7 heteroatoms. The molecule has 0 radical (unpaired) electrons. The summed E-state index contributed by atoms with van der Waals surface area (Å²) in [6.07, 6.45) is 51.2. The quantitative estimate of drug-likeness (QED) is 0.0327. The Morgan fingerprint density at radius 1 is 0.556 bits per heavy atom. The van der Waals surface area contributed by atoms with Gasteiger partial charge in [-0.1, -0.05) is 158 Å². The van der Waals surface area contributed by atoms with Crippen molar-refractivity contribution in [1.82, 2.24) is 5.32 Å². The molecule has 0 aliphatic heterocycles. The van der Waals surface area contributed by atoms with Crippen LogP contribution in [-0.2, 0) is 19.1 Å². The molecule has 2 unspecified atom stereocenters. The first kappa shape index (κ1) is 51.1. The van der Waals surface area contributed by atoms with E-state index in [1.165, 1.54) is 64.2 Å². The lowest BCUT2D eigenvalue weighted by Crippen LogP contribution is -2.40. The summed E-state index contributed by atoms with van der Waals surface area (Å²) < 4.78 is 6.02. The van der Waals surface area contributed by atoms with Gasteiger partial charge in [0.05, 0.1) is 0 Å². The van der Waals surface area contributed by atoms with Gasteiger partial charge in [0.25, 0.3) is 0 Å². The van der Waals surface area contributed by atoms with Crippen molar-refractivity contribution < 1.29 is 24.2 Å². The van der Waals surface area contributed by atoms with Crippen LogP contribution in [0.1, 0.15) is 200 Å². The van der Waals surface area contributed by atoms with Crippen molar-refractivity contribution in [3.8, 4) is 0 Å². The number of carbonyl (C=O) groups is 3. The highest BCUT2D eigenvalue weighted by atomic mass is 16.5.